The number of hydrogen-bond donors (Lipinski definition) is 1. The number of carbonyl (C=O) groups is 1. The summed E-state index contributed by atoms with van der Waals surface area (Å²) in [7, 11) is 0. The number of carboxylic acids is 1. The molecule has 0 aliphatic heterocycles. The van der Waals surface area contributed by atoms with Crippen LogP contribution in [-0.2, 0) is 0 Å². The maximum atomic E-state index is 12.3. The summed E-state index contributed by atoms with van der Waals surface area (Å²) in [6, 6.07) is 4.83. The van der Waals surface area contributed by atoms with E-state index in [1.807, 2.05) is 13.8 Å². The molecule has 2 rings (SSSR count). The van der Waals surface area contributed by atoms with Crippen LogP contribution in [0, 0.1) is 0 Å². The third kappa shape index (κ3) is 3.54. The van der Waals surface area contributed by atoms with E-state index in [9.17, 15) is 14.7 Å². The summed E-state index contributed by atoms with van der Waals surface area (Å²) >= 11 is 4.36. The summed E-state index contributed by atoms with van der Waals surface area (Å²) in [5.41, 5.74) is -0.0850. The Hall–Kier alpha value is -1.60. The minimum Gasteiger partial charge on any atom is -0.478 e. The lowest BCUT2D eigenvalue weighted by Gasteiger charge is -2.11. The zero-order valence-electron chi connectivity index (χ0n) is 11.4. The van der Waals surface area contributed by atoms with Gasteiger partial charge in [-0.15, -0.1) is 0 Å². The van der Waals surface area contributed by atoms with Crippen LogP contribution in [-0.4, -0.2) is 20.6 Å². The molecule has 1 heterocycles. The number of aromatic nitrogens is 2. The van der Waals surface area contributed by atoms with Crippen molar-refractivity contribution < 1.29 is 9.90 Å². The summed E-state index contributed by atoms with van der Waals surface area (Å²) in [5, 5.41) is 9.47. The molecule has 0 atom stereocenters. The molecule has 7 heteroatoms. The van der Waals surface area contributed by atoms with Crippen LogP contribution >= 0.6 is 27.7 Å². The van der Waals surface area contributed by atoms with Crippen molar-refractivity contribution in [3.63, 3.8) is 0 Å². The first-order chi connectivity index (χ1) is 9.90. The molecule has 0 aliphatic rings. The molecule has 0 unspecified atom stereocenters. The molecule has 0 aliphatic carbocycles. The normalized spacial score (nSPS) is 10.9. The Kier molecular flexibility index (Phi) is 4.84. The van der Waals surface area contributed by atoms with E-state index in [4.69, 9.17) is 0 Å². The van der Waals surface area contributed by atoms with Crippen molar-refractivity contribution >= 4 is 33.7 Å². The van der Waals surface area contributed by atoms with Crippen molar-refractivity contribution in [1.29, 1.82) is 0 Å². The highest BCUT2D eigenvalue weighted by molar-refractivity contribution is 9.10. The molecular formula is C14H13BrN2O3S. The van der Waals surface area contributed by atoms with Gasteiger partial charge in [0.05, 0.1) is 5.56 Å². The number of halogens is 1. The van der Waals surface area contributed by atoms with Crippen LogP contribution < -0.4 is 5.56 Å². The van der Waals surface area contributed by atoms with Crippen LogP contribution in [0.2, 0.25) is 0 Å². The van der Waals surface area contributed by atoms with Gasteiger partial charge in [0.2, 0.25) is 0 Å². The van der Waals surface area contributed by atoms with Crippen molar-refractivity contribution in [2.45, 2.75) is 29.8 Å². The van der Waals surface area contributed by atoms with Crippen LogP contribution in [0.5, 0.6) is 0 Å². The molecule has 0 saturated carbocycles. The molecule has 0 saturated heterocycles. The average Bonchev–Trinajstić information content (AvgIpc) is 2.40. The zero-order valence-corrected chi connectivity index (χ0v) is 13.8. The number of aromatic carboxylic acids is 1. The van der Waals surface area contributed by atoms with E-state index >= 15 is 0 Å². The van der Waals surface area contributed by atoms with Gasteiger partial charge in [-0.1, -0.05) is 27.7 Å². The molecule has 5 nitrogen and oxygen atoms in total. The molecule has 2 aromatic rings. The summed E-state index contributed by atoms with van der Waals surface area (Å²) in [5.74, 6) is -1.04. The highest BCUT2D eigenvalue weighted by Crippen LogP contribution is 2.30. The van der Waals surface area contributed by atoms with Gasteiger partial charge in [0.15, 0.2) is 5.03 Å². The van der Waals surface area contributed by atoms with Crippen molar-refractivity contribution in [1.82, 2.24) is 9.55 Å². The summed E-state index contributed by atoms with van der Waals surface area (Å²) in [4.78, 5) is 28.1. The Morgan fingerprint density at radius 1 is 1.43 bits per heavy atom. The molecular weight excluding hydrogens is 356 g/mol. The SMILES string of the molecule is CC(C)n1ccnc(Sc2cc(Br)ccc2C(=O)O)c1=O. The van der Waals surface area contributed by atoms with Gasteiger partial charge in [-0.2, -0.15) is 0 Å². The standard InChI is InChI=1S/C14H13BrN2O3S/c1-8(2)17-6-5-16-12(13(17)18)21-11-7-9(15)3-4-10(11)14(19)20/h3-8H,1-2H3,(H,19,20). The quantitative estimate of drug-likeness (QED) is 0.894. The fraction of sp³-hybridized carbons (Fsp3) is 0.214. The van der Waals surface area contributed by atoms with E-state index < -0.39 is 5.97 Å². The number of rotatable bonds is 4. The first-order valence-electron chi connectivity index (χ1n) is 6.18. The van der Waals surface area contributed by atoms with Gasteiger partial charge in [0.25, 0.3) is 5.56 Å². The molecule has 21 heavy (non-hydrogen) atoms. The predicted molar refractivity (Wildman–Crippen MR) is 84.1 cm³/mol. The second-order valence-corrected chi connectivity index (χ2v) is 6.53. The molecule has 1 N–H and O–H groups in total. The van der Waals surface area contributed by atoms with Crippen LogP contribution in [0.1, 0.15) is 30.2 Å². The van der Waals surface area contributed by atoms with Crippen molar-refractivity contribution in [3.8, 4) is 0 Å². The minimum atomic E-state index is -1.04. The number of hydrogen-bond acceptors (Lipinski definition) is 4. The third-order valence-corrected chi connectivity index (χ3v) is 4.30. The van der Waals surface area contributed by atoms with E-state index in [0.29, 0.717) is 4.90 Å². The minimum absolute atomic E-state index is 0.0151. The number of nitrogens with zero attached hydrogens (tertiary/aromatic N) is 2. The Bertz CT molecular complexity index is 743. The smallest absolute Gasteiger partial charge is 0.336 e. The molecule has 0 radical (unpaired) electrons. The van der Waals surface area contributed by atoms with Gasteiger partial charge >= 0.3 is 5.97 Å². The molecule has 0 spiro atoms. The fourth-order valence-corrected chi connectivity index (χ4v) is 3.22. The van der Waals surface area contributed by atoms with Gasteiger partial charge in [-0.25, -0.2) is 9.78 Å². The van der Waals surface area contributed by atoms with Crippen LogP contribution in [0.25, 0.3) is 0 Å². The molecule has 0 bridgehead atoms. The molecule has 1 aromatic carbocycles. The van der Waals surface area contributed by atoms with Crippen LogP contribution in [0.15, 0.2) is 49.8 Å². The summed E-state index contributed by atoms with van der Waals surface area (Å²) in [6.45, 7) is 3.80. The maximum Gasteiger partial charge on any atom is 0.336 e. The van der Waals surface area contributed by atoms with Crippen LogP contribution in [0.3, 0.4) is 0 Å². The van der Waals surface area contributed by atoms with Gasteiger partial charge in [0, 0.05) is 27.8 Å². The van der Waals surface area contributed by atoms with Gasteiger partial charge in [0.1, 0.15) is 0 Å². The number of carboxylic acid groups (broad SMARTS) is 1. The first kappa shape index (κ1) is 15.8. The lowest BCUT2D eigenvalue weighted by Crippen LogP contribution is -2.23. The predicted octanol–water partition coefficient (Wildman–Crippen LogP) is 3.44. The highest BCUT2D eigenvalue weighted by Gasteiger charge is 2.15. The summed E-state index contributed by atoms with van der Waals surface area (Å²) in [6.07, 6.45) is 3.16. The van der Waals surface area contributed by atoms with Gasteiger partial charge < -0.3 is 9.67 Å². The van der Waals surface area contributed by atoms with E-state index in [-0.39, 0.29) is 22.2 Å². The topological polar surface area (TPSA) is 72.2 Å². The van der Waals surface area contributed by atoms with Crippen LogP contribution in [0.4, 0.5) is 0 Å². The lowest BCUT2D eigenvalue weighted by molar-refractivity contribution is 0.0693. The van der Waals surface area contributed by atoms with E-state index in [1.165, 1.54) is 6.07 Å². The molecule has 1 aromatic heterocycles. The average molecular weight is 369 g/mol. The van der Waals surface area contributed by atoms with E-state index in [1.54, 1.807) is 29.1 Å². The van der Waals surface area contributed by atoms with Crippen molar-refractivity contribution in [2.75, 3.05) is 0 Å². The van der Waals surface area contributed by atoms with Crippen molar-refractivity contribution in [3.05, 3.63) is 51.0 Å². The Morgan fingerprint density at radius 3 is 2.76 bits per heavy atom. The first-order valence-corrected chi connectivity index (χ1v) is 7.79. The molecule has 110 valence electrons. The van der Waals surface area contributed by atoms with E-state index in [2.05, 4.69) is 20.9 Å². The molecule has 0 fully saturated rings. The second kappa shape index (κ2) is 6.44. The Morgan fingerprint density at radius 2 is 2.14 bits per heavy atom. The maximum absolute atomic E-state index is 12.3. The lowest BCUT2D eigenvalue weighted by atomic mass is 10.2. The second-order valence-electron chi connectivity index (χ2n) is 4.59. The number of benzene rings is 1. The van der Waals surface area contributed by atoms with Crippen molar-refractivity contribution in [2.24, 2.45) is 0 Å². The monoisotopic (exact) mass is 368 g/mol. The largest absolute Gasteiger partial charge is 0.478 e. The van der Waals surface area contributed by atoms with E-state index in [0.717, 1.165) is 16.2 Å². The van der Waals surface area contributed by atoms with Gasteiger partial charge in [-0.3, -0.25) is 4.79 Å². The van der Waals surface area contributed by atoms with Gasteiger partial charge in [-0.05, 0) is 32.0 Å². The Labute approximate surface area is 134 Å². The molecule has 0 amide bonds. The highest BCUT2D eigenvalue weighted by atomic mass is 79.9. The fourth-order valence-electron chi connectivity index (χ4n) is 1.74. The summed E-state index contributed by atoms with van der Waals surface area (Å²) < 4.78 is 2.31. The third-order valence-electron chi connectivity index (χ3n) is 2.77. The Balaban J connectivity index is 2.48. The zero-order chi connectivity index (χ0) is 15.6.